The van der Waals surface area contributed by atoms with Gasteiger partial charge in [0.15, 0.2) is 5.96 Å². The minimum atomic E-state index is -3.02. The highest BCUT2D eigenvalue weighted by Crippen LogP contribution is 2.21. The zero-order chi connectivity index (χ0) is 17.5. The molecule has 1 aliphatic rings. The van der Waals surface area contributed by atoms with E-state index in [0.717, 1.165) is 31.8 Å². The summed E-state index contributed by atoms with van der Waals surface area (Å²) in [6.45, 7) is 13.3. The summed E-state index contributed by atoms with van der Waals surface area (Å²) in [4.78, 5) is 4.52. The molecule has 0 aromatic rings. The van der Waals surface area contributed by atoms with Crippen molar-refractivity contribution in [3.63, 3.8) is 0 Å². The Morgan fingerprint density at radius 3 is 2.50 bits per heavy atom. The van der Waals surface area contributed by atoms with E-state index in [4.69, 9.17) is 0 Å². The molecule has 144 valence electrons. The number of hydrogen-bond acceptors (Lipinski definition) is 3. The predicted octanol–water partition coefficient (Wildman–Crippen LogP) is 2.41. The molecule has 1 unspecified atom stereocenters. The van der Waals surface area contributed by atoms with Gasteiger partial charge in [0.2, 0.25) is 10.0 Å². The molecule has 1 heterocycles. The van der Waals surface area contributed by atoms with Crippen molar-refractivity contribution in [1.82, 2.24) is 14.9 Å². The van der Waals surface area contributed by atoms with Crippen molar-refractivity contribution >= 4 is 40.0 Å². The summed E-state index contributed by atoms with van der Waals surface area (Å²) in [5.74, 6) is 1.05. The highest BCUT2D eigenvalue weighted by Gasteiger charge is 2.27. The van der Waals surface area contributed by atoms with E-state index < -0.39 is 10.0 Å². The molecule has 0 aliphatic carbocycles. The van der Waals surface area contributed by atoms with Gasteiger partial charge < -0.3 is 10.6 Å². The Hall–Kier alpha value is -0.0900. The second kappa shape index (κ2) is 10.8. The Bertz CT molecular complexity index is 489. The van der Waals surface area contributed by atoms with Crippen molar-refractivity contribution in [2.24, 2.45) is 10.4 Å². The van der Waals surface area contributed by atoms with E-state index >= 15 is 0 Å². The van der Waals surface area contributed by atoms with Crippen LogP contribution in [0.2, 0.25) is 0 Å². The van der Waals surface area contributed by atoms with Gasteiger partial charge in [0.05, 0.1) is 12.3 Å². The fraction of sp³-hybridized carbons (Fsp3) is 0.938. The van der Waals surface area contributed by atoms with Gasteiger partial charge in [-0.2, -0.15) is 0 Å². The summed E-state index contributed by atoms with van der Waals surface area (Å²) >= 11 is 0. The smallest absolute Gasteiger partial charge is 0.214 e. The van der Waals surface area contributed by atoms with E-state index in [0.29, 0.717) is 31.1 Å². The quantitative estimate of drug-likeness (QED) is 0.338. The first kappa shape index (κ1) is 23.9. The third-order valence-electron chi connectivity index (χ3n) is 3.88. The van der Waals surface area contributed by atoms with Gasteiger partial charge in [-0.1, -0.05) is 20.8 Å². The molecule has 1 saturated heterocycles. The van der Waals surface area contributed by atoms with Crippen LogP contribution in [0.1, 0.15) is 53.9 Å². The van der Waals surface area contributed by atoms with Gasteiger partial charge in [-0.15, -0.1) is 24.0 Å². The second-order valence-corrected chi connectivity index (χ2v) is 9.56. The lowest BCUT2D eigenvalue weighted by Gasteiger charge is -2.23. The number of hydrogen-bond donors (Lipinski definition) is 2. The highest BCUT2D eigenvalue weighted by molar-refractivity contribution is 14.0. The van der Waals surface area contributed by atoms with Gasteiger partial charge >= 0.3 is 0 Å². The lowest BCUT2D eigenvalue weighted by molar-refractivity contribution is 0.346. The van der Waals surface area contributed by atoms with Crippen LogP contribution in [-0.4, -0.2) is 56.7 Å². The van der Waals surface area contributed by atoms with E-state index in [1.807, 2.05) is 6.92 Å². The van der Waals surface area contributed by atoms with Crippen LogP contribution in [0.3, 0.4) is 0 Å². The number of nitrogens with zero attached hydrogens (tertiary/aromatic N) is 2. The largest absolute Gasteiger partial charge is 0.357 e. The van der Waals surface area contributed by atoms with Crippen molar-refractivity contribution in [2.75, 3.05) is 31.9 Å². The molecular formula is C16H35IN4O2S. The molecule has 0 radical (unpaired) electrons. The lowest BCUT2D eigenvalue weighted by Crippen LogP contribution is -2.43. The SMILES string of the molecule is CCNC(=NCCN1CCCS1(=O)=O)NC(C)CCC(C)(C)C.I. The third kappa shape index (κ3) is 9.41. The van der Waals surface area contributed by atoms with Crippen molar-refractivity contribution in [1.29, 1.82) is 0 Å². The Morgan fingerprint density at radius 2 is 2.00 bits per heavy atom. The van der Waals surface area contributed by atoms with Crippen LogP contribution < -0.4 is 10.6 Å². The van der Waals surface area contributed by atoms with E-state index in [2.05, 4.69) is 43.3 Å². The summed E-state index contributed by atoms with van der Waals surface area (Å²) in [7, 11) is -3.02. The van der Waals surface area contributed by atoms with E-state index in [-0.39, 0.29) is 29.7 Å². The molecule has 1 rings (SSSR count). The fourth-order valence-corrected chi connectivity index (χ4v) is 4.01. The zero-order valence-electron chi connectivity index (χ0n) is 15.8. The van der Waals surface area contributed by atoms with Crippen LogP contribution >= 0.6 is 24.0 Å². The molecule has 6 nitrogen and oxygen atoms in total. The van der Waals surface area contributed by atoms with E-state index in [1.165, 1.54) is 0 Å². The molecule has 0 bridgehead atoms. The average Bonchev–Trinajstić information content (AvgIpc) is 2.75. The maximum atomic E-state index is 11.8. The number of aliphatic imine (C=N–C) groups is 1. The predicted molar refractivity (Wildman–Crippen MR) is 113 cm³/mol. The first-order valence-electron chi connectivity index (χ1n) is 8.67. The zero-order valence-corrected chi connectivity index (χ0v) is 18.9. The molecule has 0 aromatic carbocycles. The van der Waals surface area contributed by atoms with Crippen molar-refractivity contribution < 1.29 is 8.42 Å². The molecule has 0 spiro atoms. The van der Waals surface area contributed by atoms with Gasteiger partial charge in [-0.25, -0.2) is 12.7 Å². The van der Waals surface area contributed by atoms with E-state index in [1.54, 1.807) is 4.31 Å². The van der Waals surface area contributed by atoms with Gasteiger partial charge in [0, 0.05) is 25.7 Å². The fourth-order valence-electron chi connectivity index (χ4n) is 2.49. The monoisotopic (exact) mass is 474 g/mol. The first-order chi connectivity index (χ1) is 10.6. The standard InChI is InChI=1S/C16H34N4O2S.HI/c1-6-17-15(19-14(2)8-9-16(3,4)5)18-10-12-20-11-7-13-23(20,21)22;/h14H,6-13H2,1-5H3,(H2,17,18,19);1H. The summed E-state index contributed by atoms with van der Waals surface area (Å²) < 4.78 is 25.1. The van der Waals surface area contributed by atoms with Crippen LogP contribution in [0.25, 0.3) is 0 Å². The minimum absolute atomic E-state index is 0. The van der Waals surface area contributed by atoms with Crippen LogP contribution in [0, 0.1) is 5.41 Å². The molecule has 0 amide bonds. The molecule has 24 heavy (non-hydrogen) atoms. The summed E-state index contributed by atoms with van der Waals surface area (Å²) in [6.07, 6.45) is 2.95. The summed E-state index contributed by atoms with van der Waals surface area (Å²) in [5, 5.41) is 6.64. The maximum Gasteiger partial charge on any atom is 0.214 e. The van der Waals surface area contributed by atoms with Crippen molar-refractivity contribution in [3.8, 4) is 0 Å². The topological polar surface area (TPSA) is 73.8 Å². The molecular weight excluding hydrogens is 439 g/mol. The molecule has 8 heteroatoms. The number of sulfonamides is 1. The van der Waals surface area contributed by atoms with Crippen LogP contribution in [-0.2, 0) is 10.0 Å². The van der Waals surface area contributed by atoms with Crippen molar-refractivity contribution in [3.05, 3.63) is 0 Å². The van der Waals surface area contributed by atoms with Crippen LogP contribution in [0.4, 0.5) is 0 Å². The average molecular weight is 474 g/mol. The Kier molecular flexibility index (Phi) is 10.8. The summed E-state index contributed by atoms with van der Waals surface area (Å²) in [5.41, 5.74) is 0.329. The number of nitrogens with one attached hydrogen (secondary N) is 2. The maximum absolute atomic E-state index is 11.8. The second-order valence-electron chi connectivity index (χ2n) is 7.47. The first-order valence-corrected chi connectivity index (χ1v) is 10.3. The Balaban J connectivity index is 0.00000529. The molecule has 1 fully saturated rings. The lowest BCUT2D eigenvalue weighted by atomic mass is 9.89. The van der Waals surface area contributed by atoms with E-state index in [9.17, 15) is 8.42 Å². The van der Waals surface area contributed by atoms with Gasteiger partial charge in [-0.3, -0.25) is 4.99 Å². The van der Waals surface area contributed by atoms with Gasteiger partial charge in [-0.05, 0) is 38.5 Å². The van der Waals surface area contributed by atoms with Gasteiger partial charge in [0.1, 0.15) is 0 Å². The third-order valence-corrected chi connectivity index (χ3v) is 5.83. The molecule has 1 atom stereocenters. The molecule has 0 saturated carbocycles. The number of halogens is 1. The molecule has 2 N–H and O–H groups in total. The normalized spacial score (nSPS) is 19.6. The Morgan fingerprint density at radius 1 is 1.33 bits per heavy atom. The Labute approximate surface area is 165 Å². The number of rotatable bonds is 7. The molecule has 0 aromatic heterocycles. The van der Waals surface area contributed by atoms with Crippen molar-refractivity contribution in [2.45, 2.75) is 59.9 Å². The number of guanidine groups is 1. The minimum Gasteiger partial charge on any atom is -0.357 e. The van der Waals surface area contributed by atoms with Gasteiger partial charge in [0.25, 0.3) is 0 Å². The van der Waals surface area contributed by atoms with Crippen LogP contribution in [0.5, 0.6) is 0 Å². The summed E-state index contributed by atoms with van der Waals surface area (Å²) in [6, 6.07) is 0.336. The highest BCUT2D eigenvalue weighted by atomic mass is 127. The molecule has 1 aliphatic heterocycles. The van der Waals surface area contributed by atoms with Crippen LogP contribution in [0.15, 0.2) is 4.99 Å².